The molecule has 0 fully saturated rings. The molecule has 0 aliphatic rings. The van der Waals surface area contributed by atoms with Gasteiger partial charge in [0, 0.05) is 6.54 Å². The maximum Gasteiger partial charge on any atom is 0.260 e. The average Bonchev–Trinajstić information content (AvgIpc) is 2.43. The van der Waals surface area contributed by atoms with E-state index in [-0.39, 0.29) is 5.91 Å². The molecule has 1 atom stereocenters. The number of hydrogen-bond acceptors (Lipinski definition) is 3. The van der Waals surface area contributed by atoms with Crippen molar-refractivity contribution in [2.75, 3.05) is 27.2 Å². The van der Waals surface area contributed by atoms with E-state index in [1.807, 2.05) is 38.4 Å². The molecule has 0 saturated heterocycles. The Labute approximate surface area is 128 Å². The standard InChI is InChI=1S/C17H28N2O2/c1-13(2)15-9-6-7-10-16(15)21-14(3)17(20)18-11-8-12-19(4)5/h6-7,9-10,13-14H,8,11-12H2,1-5H3,(H,18,20)/t14-/m1/s1. The molecule has 1 amide bonds. The largest absolute Gasteiger partial charge is 0.481 e. The highest BCUT2D eigenvalue weighted by Crippen LogP contribution is 2.26. The molecule has 0 spiro atoms. The van der Waals surface area contributed by atoms with Crippen LogP contribution in [0.3, 0.4) is 0 Å². The Balaban J connectivity index is 2.49. The lowest BCUT2D eigenvalue weighted by Crippen LogP contribution is -2.37. The van der Waals surface area contributed by atoms with Gasteiger partial charge in [0.25, 0.3) is 5.91 Å². The summed E-state index contributed by atoms with van der Waals surface area (Å²) in [5.74, 6) is 1.10. The van der Waals surface area contributed by atoms with E-state index >= 15 is 0 Å². The fourth-order valence-electron chi connectivity index (χ4n) is 2.06. The van der Waals surface area contributed by atoms with Crippen molar-refractivity contribution >= 4 is 5.91 Å². The topological polar surface area (TPSA) is 41.6 Å². The van der Waals surface area contributed by atoms with E-state index in [4.69, 9.17) is 4.74 Å². The third-order valence-corrected chi connectivity index (χ3v) is 3.30. The zero-order chi connectivity index (χ0) is 15.8. The highest BCUT2D eigenvalue weighted by atomic mass is 16.5. The van der Waals surface area contributed by atoms with E-state index in [9.17, 15) is 4.79 Å². The van der Waals surface area contributed by atoms with Crippen LogP contribution in [0.1, 0.15) is 38.7 Å². The first kappa shape index (κ1) is 17.5. The molecule has 21 heavy (non-hydrogen) atoms. The van der Waals surface area contributed by atoms with Gasteiger partial charge in [0.15, 0.2) is 6.10 Å². The van der Waals surface area contributed by atoms with Gasteiger partial charge in [0.1, 0.15) is 5.75 Å². The molecule has 4 nitrogen and oxygen atoms in total. The van der Waals surface area contributed by atoms with Gasteiger partial charge in [-0.2, -0.15) is 0 Å². The van der Waals surface area contributed by atoms with Crippen LogP contribution < -0.4 is 10.1 Å². The van der Waals surface area contributed by atoms with Gasteiger partial charge in [-0.15, -0.1) is 0 Å². The Morgan fingerprint density at radius 1 is 1.24 bits per heavy atom. The molecular formula is C17H28N2O2. The number of benzene rings is 1. The fraction of sp³-hybridized carbons (Fsp3) is 0.588. The van der Waals surface area contributed by atoms with Gasteiger partial charge in [0.2, 0.25) is 0 Å². The Bertz CT molecular complexity index is 444. The molecule has 1 aromatic rings. The van der Waals surface area contributed by atoms with Crippen LogP contribution in [-0.2, 0) is 4.79 Å². The predicted molar refractivity (Wildman–Crippen MR) is 86.8 cm³/mol. The SMILES string of the molecule is CC(C)c1ccccc1O[C@H](C)C(=O)NCCCN(C)C. The minimum Gasteiger partial charge on any atom is -0.481 e. The summed E-state index contributed by atoms with van der Waals surface area (Å²) in [6.07, 6.45) is 0.456. The molecule has 118 valence electrons. The second-order valence-corrected chi connectivity index (χ2v) is 5.90. The molecular weight excluding hydrogens is 264 g/mol. The van der Waals surface area contributed by atoms with Gasteiger partial charge in [-0.05, 0) is 51.5 Å². The Kier molecular flexibility index (Phi) is 7.23. The number of carbonyl (C=O) groups excluding carboxylic acids is 1. The predicted octanol–water partition coefficient (Wildman–Crippen LogP) is 2.65. The van der Waals surface area contributed by atoms with Crippen LogP contribution in [-0.4, -0.2) is 44.1 Å². The monoisotopic (exact) mass is 292 g/mol. The summed E-state index contributed by atoms with van der Waals surface area (Å²) in [6.45, 7) is 7.67. The van der Waals surface area contributed by atoms with Crippen molar-refractivity contribution < 1.29 is 9.53 Å². The van der Waals surface area contributed by atoms with E-state index in [1.54, 1.807) is 6.92 Å². The van der Waals surface area contributed by atoms with Crippen molar-refractivity contribution in [2.24, 2.45) is 0 Å². The molecule has 0 aliphatic heterocycles. The highest BCUT2D eigenvalue weighted by Gasteiger charge is 2.16. The number of para-hydroxylation sites is 1. The number of hydrogen-bond donors (Lipinski definition) is 1. The van der Waals surface area contributed by atoms with Crippen LogP contribution in [0.4, 0.5) is 0 Å². The number of nitrogens with zero attached hydrogens (tertiary/aromatic N) is 1. The molecule has 4 heteroatoms. The van der Waals surface area contributed by atoms with Crippen molar-refractivity contribution in [3.63, 3.8) is 0 Å². The van der Waals surface area contributed by atoms with Crippen molar-refractivity contribution in [3.8, 4) is 5.75 Å². The lowest BCUT2D eigenvalue weighted by Gasteiger charge is -2.19. The number of ether oxygens (including phenoxy) is 1. The molecule has 1 aromatic carbocycles. The van der Waals surface area contributed by atoms with Crippen LogP contribution in [0, 0.1) is 0 Å². The van der Waals surface area contributed by atoms with Gasteiger partial charge in [-0.1, -0.05) is 32.0 Å². The molecule has 0 heterocycles. The molecule has 0 radical (unpaired) electrons. The molecule has 0 aliphatic carbocycles. The molecule has 0 bridgehead atoms. The van der Waals surface area contributed by atoms with Gasteiger partial charge < -0.3 is 15.0 Å². The summed E-state index contributed by atoms with van der Waals surface area (Å²) in [7, 11) is 4.05. The van der Waals surface area contributed by atoms with Crippen LogP contribution in [0.2, 0.25) is 0 Å². The highest BCUT2D eigenvalue weighted by molar-refractivity contribution is 5.80. The minimum absolute atomic E-state index is 0.0627. The zero-order valence-corrected chi connectivity index (χ0v) is 13.8. The quantitative estimate of drug-likeness (QED) is 0.749. The van der Waals surface area contributed by atoms with Crippen molar-refractivity contribution in [2.45, 2.75) is 39.2 Å². The van der Waals surface area contributed by atoms with Gasteiger partial charge in [-0.25, -0.2) is 0 Å². The van der Waals surface area contributed by atoms with Gasteiger partial charge in [-0.3, -0.25) is 4.79 Å². The van der Waals surface area contributed by atoms with Crippen LogP contribution in [0.25, 0.3) is 0 Å². The summed E-state index contributed by atoms with van der Waals surface area (Å²) < 4.78 is 5.82. The lowest BCUT2D eigenvalue weighted by atomic mass is 10.0. The Morgan fingerprint density at radius 2 is 1.90 bits per heavy atom. The summed E-state index contributed by atoms with van der Waals surface area (Å²) in [6, 6.07) is 7.89. The first-order chi connectivity index (χ1) is 9.91. The molecule has 0 saturated carbocycles. The van der Waals surface area contributed by atoms with E-state index in [1.165, 1.54) is 0 Å². The van der Waals surface area contributed by atoms with E-state index in [0.717, 1.165) is 24.3 Å². The Hall–Kier alpha value is -1.55. The third kappa shape index (κ3) is 6.17. The first-order valence-corrected chi connectivity index (χ1v) is 7.59. The van der Waals surface area contributed by atoms with Crippen LogP contribution in [0.5, 0.6) is 5.75 Å². The second-order valence-electron chi connectivity index (χ2n) is 5.90. The maximum absolute atomic E-state index is 12.0. The smallest absolute Gasteiger partial charge is 0.260 e. The molecule has 1 N–H and O–H groups in total. The van der Waals surface area contributed by atoms with Crippen molar-refractivity contribution in [1.29, 1.82) is 0 Å². The third-order valence-electron chi connectivity index (χ3n) is 3.30. The van der Waals surface area contributed by atoms with Crippen LogP contribution >= 0.6 is 0 Å². The van der Waals surface area contributed by atoms with E-state index in [2.05, 4.69) is 24.1 Å². The summed E-state index contributed by atoms with van der Waals surface area (Å²) in [4.78, 5) is 14.1. The molecule has 1 rings (SSSR count). The number of carbonyl (C=O) groups is 1. The van der Waals surface area contributed by atoms with E-state index in [0.29, 0.717) is 12.5 Å². The maximum atomic E-state index is 12.0. The minimum atomic E-state index is -0.482. The average molecular weight is 292 g/mol. The second kappa shape index (κ2) is 8.67. The Morgan fingerprint density at radius 3 is 2.52 bits per heavy atom. The van der Waals surface area contributed by atoms with Gasteiger partial charge in [0.05, 0.1) is 0 Å². The zero-order valence-electron chi connectivity index (χ0n) is 13.8. The van der Waals surface area contributed by atoms with Crippen molar-refractivity contribution in [1.82, 2.24) is 10.2 Å². The summed E-state index contributed by atoms with van der Waals surface area (Å²) in [5.41, 5.74) is 1.13. The summed E-state index contributed by atoms with van der Waals surface area (Å²) >= 11 is 0. The number of amides is 1. The molecule has 0 aromatic heterocycles. The lowest BCUT2D eigenvalue weighted by molar-refractivity contribution is -0.127. The van der Waals surface area contributed by atoms with Crippen LogP contribution in [0.15, 0.2) is 24.3 Å². The number of nitrogens with one attached hydrogen (secondary N) is 1. The van der Waals surface area contributed by atoms with Crippen molar-refractivity contribution in [3.05, 3.63) is 29.8 Å². The normalized spacial score (nSPS) is 12.5. The van der Waals surface area contributed by atoms with E-state index < -0.39 is 6.10 Å². The molecule has 0 unspecified atom stereocenters. The number of rotatable bonds is 8. The summed E-state index contributed by atoms with van der Waals surface area (Å²) in [5, 5.41) is 2.92. The first-order valence-electron chi connectivity index (χ1n) is 7.59. The fourth-order valence-corrected chi connectivity index (χ4v) is 2.06. The van der Waals surface area contributed by atoms with Gasteiger partial charge >= 0.3 is 0 Å².